The van der Waals surface area contributed by atoms with Gasteiger partial charge in [-0.2, -0.15) is 0 Å². The Morgan fingerprint density at radius 1 is 1.07 bits per heavy atom. The molecule has 3 aromatic rings. The first-order chi connectivity index (χ1) is 14.5. The molecule has 1 aromatic heterocycles. The molecule has 0 saturated carbocycles. The zero-order valence-corrected chi connectivity index (χ0v) is 18.4. The number of allylic oxidation sites excluding steroid dienone is 4. The number of fused-ring (bicyclic) bond motifs is 1. The van der Waals surface area contributed by atoms with Crippen molar-refractivity contribution in [2.75, 3.05) is 11.9 Å². The molecule has 0 spiro atoms. The molecule has 0 fully saturated rings. The van der Waals surface area contributed by atoms with Crippen LogP contribution in [0.3, 0.4) is 0 Å². The fourth-order valence-electron chi connectivity index (χ4n) is 3.27. The van der Waals surface area contributed by atoms with E-state index >= 15 is 0 Å². The van der Waals surface area contributed by atoms with E-state index in [1.54, 1.807) is 6.20 Å². The minimum absolute atomic E-state index is 0.0266. The standard InChI is InChI=1S/C26H27ClN2O/c1-4-5-6-7-18(2)20-8-10-21(11-9-20)26(19(3)17-30)29-24-14-15-28-25-16-22(27)12-13-23(24)25/h4-5,7-16,30H,6,17H2,1-3H3,(H,28,29)/b5-4-,18-7+,26-19+. The van der Waals surface area contributed by atoms with Crippen LogP contribution in [0.1, 0.15) is 38.3 Å². The number of anilines is 1. The van der Waals surface area contributed by atoms with Gasteiger partial charge in [0.25, 0.3) is 0 Å². The van der Waals surface area contributed by atoms with Crippen molar-refractivity contribution in [3.8, 4) is 0 Å². The number of aliphatic hydroxyl groups is 1. The van der Waals surface area contributed by atoms with Crippen LogP contribution in [0.25, 0.3) is 22.2 Å². The van der Waals surface area contributed by atoms with Crippen LogP contribution in [0.5, 0.6) is 0 Å². The number of nitrogens with zero attached hydrogens (tertiary/aromatic N) is 1. The maximum atomic E-state index is 9.81. The third-order valence-electron chi connectivity index (χ3n) is 5.05. The molecule has 0 unspecified atom stereocenters. The molecule has 2 N–H and O–H groups in total. The van der Waals surface area contributed by atoms with Crippen molar-refractivity contribution in [1.82, 2.24) is 4.98 Å². The second-order valence-electron chi connectivity index (χ2n) is 7.23. The summed E-state index contributed by atoms with van der Waals surface area (Å²) in [6.07, 6.45) is 9.11. The van der Waals surface area contributed by atoms with Crippen molar-refractivity contribution >= 4 is 39.5 Å². The van der Waals surface area contributed by atoms with Crippen LogP contribution in [0, 0.1) is 0 Å². The van der Waals surface area contributed by atoms with Crippen molar-refractivity contribution in [3.05, 3.63) is 94.7 Å². The minimum Gasteiger partial charge on any atom is -0.392 e. The lowest BCUT2D eigenvalue weighted by Crippen LogP contribution is -2.05. The molecule has 30 heavy (non-hydrogen) atoms. The van der Waals surface area contributed by atoms with Gasteiger partial charge in [-0.1, -0.05) is 54.1 Å². The lowest BCUT2D eigenvalue weighted by molar-refractivity contribution is 0.332. The van der Waals surface area contributed by atoms with E-state index < -0.39 is 0 Å². The highest BCUT2D eigenvalue weighted by molar-refractivity contribution is 6.31. The van der Waals surface area contributed by atoms with E-state index in [4.69, 9.17) is 11.6 Å². The van der Waals surface area contributed by atoms with Gasteiger partial charge in [0.05, 0.1) is 12.1 Å². The van der Waals surface area contributed by atoms with Crippen LogP contribution in [-0.2, 0) is 0 Å². The zero-order valence-electron chi connectivity index (χ0n) is 17.6. The van der Waals surface area contributed by atoms with Gasteiger partial charge in [0.2, 0.25) is 0 Å². The van der Waals surface area contributed by atoms with Crippen molar-refractivity contribution in [2.45, 2.75) is 27.2 Å². The summed E-state index contributed by atoms with van der Waals surface area (Å²) < 4.78 is 0. The average Bonchev–Trinajstić information content (AvgIpc) is 2.77. The summed E-state index contributed by atoms with van der Waals surface area (Å²) in [6, 6.07) is 16.0. The Hall–Kier alpha value is -2.88. The van der Waals surface area contributed by atoms with Crippen LogP contribution in [0.2, 0.25) is 5.02 Å². The summed E-state index contributed by atoms with van der Waals surface area (Å²) in [5.74, 6) is 0. The minimum atomic E-state index is -0.0266. The third kappa shape index (κ3) is 5.18. The molecule has 0 aliphatic heterocycles. The number of pyridine rings is 1. The van der Waals surface area contributed by atoms with E-state index in [1.807, 2.05) is 38.1 Å². The molecule has 3 nitrogen and oxygen atoms in total. The highest BCUT2D eigenvalue weighted by Gasteiger charge is 2.10. The fourth-order valence-corrected chi connectivity index (χ4v) is 3.43. The predicted octanol–water partition coefficient (Wildman–Crippen LogP) is 7.09. The summed E-state index contributed by atoms with van der Waals surface area (Å²) in [5.41, 5.74) is 6.95. The van der Waals surface area contributed by atoms with Gasteiger partial charge in [0.1, 0.15) is 0 Å². The molecular weight excluding hydrogens is 392 g/mol. The molecule has 4 heteroatoms. The van der Waals surface area contributed by atoms with E-state index in [0.717, 1.165) is 39.8 Å². The Bertz CT molecular complexity index is 1110. The van der Waals surface area contributed by atoms with Gasteiger partial charge < -0.3 is 10.4 Å². The number of halogens is 1. The Kier molecular flexibility index (Phi) is 7.45. The topological polar surface area (TPSA) is 45.2 Å². The Labute approximate surface area is 183 Å². The van der Waals surface area contributed by atoms with Gasteiger partial charge in [0.15, 0.2) is 0 Å². The largest absolute Gasteiger partial charge is 0.392 e. The number of aromatic nitrogens is 1. The summed E-state index contributed by atoms with van der Waals surface area (Å²) in [4.78, 5) is 4.41. The summed E-state index contributed by atoms with van der Waals surface area (Å²) in [6.45, 7) is 6.06. The lowest BCUT2D eigenvalue weighted by Gasteiger charge is -2.17. The first-order valence-electron chi connectivity index (χ1n) is 10.0. The van der Waals surface area contributed by atoms with Crippen LogP contribution < -0.4 is 5.32 Å². The van der Waals surface area contributed by atoms with E-state index in [1.165, 1.54) is 11.1 Å². The SMILES string of the molecule is C/C=C\C/C=C(\C)c1ccc(/C(Nc2ccnc3cc(Cl)ccc23)=C(/C)CO)cc1. The molecule has 0 bridgehead atoms. The summed E-state index contributed by atoms with van der Waals surface area (Å²) >= 11 is 6.11. The maximum absolute atomic E-state index is 9.81. The molecule has 2 aromatic carbocycles. The Morgan fingerprint density at radius 2 is 1.80 bits per heavy atom. The van der Waals surface area contributed by atoms with Crippen molar-refractivity contribution < 1.29 is 5.11 Å². The number of hydrogen-bond acceptors (Lipinski definition) is 3. The second kappa shape index (κ2) is 10.2. The number of benzene rings is 2. The molecule has 0 atom stereocenters. The summed E-state index contributed by atoms with van der Waals surface area (Å²) in [5, 5.41) is 15.0. The molecule has 0 aliphatic rings. The zero-order chi connectivity index (χ0) is 21.5. The summed E-state index contributed by atoms with van der Waals surface area (Å²) in [7, 11) is 0. The van der Waals surface area contributed by atoms with E-state index in [2.05, 4.69) is 59.7 Å². The molecule has 154 valence electrons. The van der Waals surface area contributed by atoms with Gasteiger partial charge in [0, 0.05) is 28.0 Å². The van der Waals surface area contributed by atoms with Crippen LogP contribution >= 0.6 is 11.6 Å². The molecule has 0 aliphatic carbocycles. The van der Waals surface area contributed by atoms with E-state index in [9.17, 15) is 5.11 Å². The number of rotatable bonds is 7. The maximum Gasteiger partial charge on any atom is 0.0737 e. The molecule has 1 heterocycles. The van der Waals surface area contributed by atoms with E-state index in [0.29, 0.717) is 5.02 Å². The molecule has 0 radical (unpaired) electrons. The van der Waals surface area contributed by atoms with Crippen LogP contribution in [0.4, 0.5) is 5.69 Å². The normalized spacial score (nSPS) is 13.0. The molecule has 0 amide bonds. The number of aliphatic hydroxyl groups excluding tert-OH is 1. The molecular formula is C26H27ClN2O. The van der Waals surface area contributed by atoms with Crippen molar-refractivity contribution in [2.24, 2.45) is 0 Å². The second-order valence-corrected chi connectivity index (χ2v) is 7.66. The highest BCUT2D eigenvalue weighted by atomic mass is 35.5. The fraction of sp³-hybridized carbons (Fsp3) is 0.192. The number of hydrogen-bond donors (Lipinski definition) is 2. The first-order valence-corrected chi connectivity index (χ1v) is 10.4. The average molecular weight is 419 g/mol. The molecule has 3 rings (SSSR count). The lowest BCUT2D eigenvalue weighted by atomic mass is 10.0. The van der Waals surface area contributed by atoms with Gasteiger partial charge in [-0.05, 0) is 73.7 Å². The predicted molar refractivity (Wildman–Crippen MR) is 130 cm³/mol. The Balaban J connectivity index is 1.94. The van der Waals surface area contributed by atoms with Gasteiger partial charge in [-0.3, -0.25) is 4.98 Å². The van der Waals surface area contributed by atoms with Crippen LogP contribution in [0.15, 0.2) is 78.5 Å². The van der Waals surface area contributed by atoms with Crippen molar-refractivity contribution in [3.63, 3.8) is 0 Å². The monoisotopic (exact) mass is 418 g/mol. The Morgan fingerprint density at radius 3 is 2.50 bits per heavy atom. The van der Waals surface area contributed by atoms with Gasteiger partial charge in [-0.15, -0.1) is 0 Å². The quantitative estimate of drug-likeness (QED) is 0.402. The number of nitrogens with one attached hydrogen (secondary N) is 1. The van der Waals surface area contributed by atoms with Crippen molar-refractivity contribution in [1.29, 1.82) is 0 Å². The van der Waals surface area contributed by atoms with E-state index in [-0.39, 0.29) is 6.61 Å². The smallest absolute Gasteiger partial charge is 0.0737 e. The van der Waals surface area contributed by atoms with Gasteiger partial charge >= 0.3 is 0 Å². The van der Waals surface area contributed by atoms with Crippen LogP contribution in [-0.4, -0.2) is 16.7 Å². The molecule has 0 saturated heterocycles. The third-order valence-corrected chi connectivity index (χ3v) is 5.29. The van der Waals surface area contributed by atoms with Gasteiger partial charge in [-0.25, -0.2) is 0 Å². The highest BCUT2D eigenvalue weighted by Crippen LogP contribution is 2.29. The first kappa shape index (κ1) is 21.8.